The van der Waals surface area contributed by atoms with Crippen molar-refractivity contribution in [3.63, 3.8) is 0 Å². The first kappa shape index (κ1) is 19.4. The zero-order chi connectivity index (χ0) is 20.4. The number of nitrogens with one attached hydrogen (secondary N) is 1. The minimum Gasteiger partial charge on any atom is -0.455 e. The molecular formula is C24H25NO4. The van der Waals surface area contributed by atoms with Gasteiger partial charge in [-0.25, -0.2) is 0 Å². The number of carbonyl (C=O) groups excluding carboxylic acids is 3. The van der Waals surface area contributed by atoms with Gasteiger partial charge in [0.25, 0.3) is 5.91 Å². The number of amides is 1. The van der Waals surface area contributed by atoms with Crippen molar-refractivity contribution >= 4 is 23.3 Å². The third-order valence-corrected chi connectivity index (χ3v) is 6.23. The van der Waals surface area contributed by atoms with Gasteiger partial charge in [-0.3, -0.25) is 14.4 Å². The number of aryl methyl sites for hydroxylation is 1. The highest BCUT2D eigenvalue weighted by Crippen LogP contribution is 2.53. The third-order valence-electron chi connectivity index (χ3n) is 6.23. The minimum atomic E-state index is -0.450. The highest BCUT2D eigenvalue weighted by molar-refractivity contribution is 6.01. The SMILES string of the molecule is Cc1ccc(NC(=O)COC(=O)[C@H]2[C@@H]3CC[C@@H](C3)[C@@H]2C(=O)c2ccccc2)cc1. The first-order valence-electron chi connectivity index (χ1n) is 10.2. The van der Waals surface area contributed by atoms with Crippen LogP contribution in [0.15, 0.2) is 54.6 Å². The number of rotatable bonds is 6. The molecule has 2 aromatic carbocycles. The summed E-state index contributed by atoms with van der Waals surface area (Å²) >= 11 is 0. The van der Waals surface area contributed by atoms with E-state index in [2.05, 4.69) is 5.32 Å². The molecule has 29 heavy (non-hydrogen) atoms. The van der Waals surface area contributed by atoms with Gasteiger partial charge >= 0.3 is 5.97 Å². The smallest absolute Gasteiger partial charge is 0.310 e. The number of hydrogen-bond donors (Lipinski definition) is 1. The van der Waals surface area contributed by atoms with Crippen LogP contribution < -0.4 is 5.32 Å². The lowest BCUT2D eigenvalue weighted by Crippen LogP contribution is -2.37. The summed E-state index contributed by atoms with van der Waals surface area (Å²) in [6.45, 7) is 1.63. The van der Waals surface area contributed by atoms with Gasteiger partial charge < -0.3 is 10.1 Å². The van der Waals surface area contributed by atoms with Crippen LogP contribution in [0.2, 0.25) is 0 Å². The Balaban J connectivity index is 1.39. The van der Waals surface area contributed by atoms with Crippen molar-refractivity contribution in [1.29, 1.82) is 0 Å². The van der Waals surface area contributed by atoms with Crippen molar-refractivity contribution in [3.05, 3.63) is 65.7 Å². The van der Waals surface area contributed by atoms with Crippen LogP contribution >= 0.6 is 0 Å². The Morgan fingerprint density at radius 3 is 2.28 bits per heavy atom. The Morgan fingerprint density at radius 2 is 1.59 bits per heavy atom. The molecule has 2 aliphatic rings. The van der Waals surface area contributed by atoms with Gasteiger partial charge in [-0.2, -0.15) is 0 Å². The fourth-order valence-electron chi connectivity index (χ4n) is 4.87. The van der Waals surface area contributed by atoms with E-state index in [0.717, 1.165) is 24.8 Å². The summed E-state index contributed by atoms with van der Waals surface area (Å²) in [6, 6.07) is 16.5. The lowest BCUT2D eigenvalue weighted by atomic mass is 9.75. The van der Waals surface area contributed by atoms with Crippen molar-refractivity contribution in [2.24, 2.45) is 23.7 Å². The Morgan fingerprint density at radius 1 is 0.931 bits per heavy atom. The number of benzene rings is 2. The van der Waals surface area contributed by atoms with Crippen LogP contribution in [-0.2, 0) is 14.3 Å². The van der Waals surface area contributed by atoms with Gasteiger partial charge in [-0.15, -0.1) is 0 Å². The molecule has 2 aromatic rings. The number of fused-ring (bicyclic) bond motifs is 2. The molecule has 0 aromatic heterocycles. The number of anilines is 1. The molecule has 0 heterocycles. The zero-order valence-electron chi connectivity index (χ0n) is 16.5. The monoisotopic (exact) mass is 391 g/mol. The largest absolute Gasteiger partial charge is 0.455 e. The molecule has 5 nitrogen and oxygen atoms in total. The second-order valence-electron chi connectivity index (χ2n) is 8.14. The van der Waals surface area contributed by atoms with Gasteiger partial charge in [0.2, 0.25) is 0 Å². The van der Waals surface area contributed by atoms with E-state index >= 15 is 0 Å². The number of esters is 1. The van der Waals surface area contributed by atoms with E-state index < -0.39 is 11.9 Å². The average Bonchev–Trinajstić information content (AvgIpc) is 3.35. The second kappa shape index (κ2) is 8.19. The van der Waals surface area contributed by atoms with E-state index in [1.165, 1.54) is 0 Å². The molecule has 4 atom stereocenters. The van der Waals surface area contributed by atoms with Crippen molar-refractivity contribution in [2.45, 2.75) is 26.2 Å². The first-order chi connectivity index (χ1) is 14.0. The molecule has 0 radical (unpaired) electrons. The molecule has 2 saturated carbocycles. The Kier molecular flexibility index (Phi) is 5.47. The van der Waals surface area contributed by atoms with Gasteiger partial charge in [-0.1, -0.05) is 48.0 Å². The van der Waals surface area contributed by atoms with Crippen LogP contribution in [0.5, 0.6) is 0 Å². The maximum Gasteiger partial charge on any atom is 0.310 e. The number of Topliss-reactive ketones (excluding diaryl/α,β-unsaturated/α-hetero) is 1. The quantitative estimate of drug-likeness (QED) is 0.596. The molecule has 0 saturated heterocycles. The summed E-state index contributed by atoms with van der Waals surface area (Å²) in [5.74, 6) is -1.18. The molecule has 1 amide bonds. The molecule has 4 rings (SSSR count). The highest BCUT2D eigenvalue weighted by Gasteiger charge is 2.54. The van der Waals surface area contributed by atoms with Gasteiger partial charge in [0, 0.05) is 17.2 Å². The third kappa shape index (κ3) is 4.09. The van der Waals surface area contributed by atoms with Gasteiger partial charge in [-0.05, 0) is 50.2 Å². The highest BCUT2D eigenvalue weighted by atomic mass is 16.5. The summed E-state index contributed by atoms with van der Waals surface area (Å²) in [7, 11) is 0. The number of ketones is 1. The Hall–Kier alpha value is -2.95. The van der Waals surface area contributed by atoms with E-state index in [4.69, 9.17) is 4.74 Å². The maximum atomic E-state index is 13.1. The average molecular weight is 391 g/mol. The topological polar surface area (TPSA) is 72.5 Å². The van der Waals surface area contributed by atoms with Crippen LogP contribution in [0, 0.1) is 30.6 Å². The maximum absolute atomic E-state index is 13.1. The van der Waals surface area contributed by atoms with Crippen molar-refractivity contribution in [2.75, 3.05) is 11.9 Å². The van der Waals surface area contributed by atoms with E-state index in [1.54, 1.807) is 24.3 Å². The summed E-state index contributed by atoms with van der Waals surface area (Å²) < 4.78 is 5.35. The molecule has 5 heteroatoms. The molecule has 0 spiro atoms. The van der Waals surface area contributed by atoms with Crippen LogP contribution in [-0.4, -0.2) is 24.3 Å². The van der Waals surface area contributed by atoms with E-state index in [9.17, 15) is 14.4 Å². The van der Waals surface area contributed by atoms with E-state index in [0.29, 0.717) is 11.3 Å². The Labute approximate surface area is 170 Å². The number of ether oxygens (including phenoxy) is 1. The summed E-state index contributed by atoms with van der Waals surface area (Å²) in [5, 5.41) is 2.73. The van der Waals surface area contributed by atoms with Crippen molar-refractivity contribution in [1.82, 2.24) is 0 Å². The van der Waals surface area contributed by atoms with Crippen LogP contribution in [0.3, 0.4) is 0 Å². The predicted molar refractivity (Wildman–Crippen MR) is 109 cm³/mol. The molecule has 0 aliphatic heterocycles. The standard InChI is InChI=1S/C24H25NO4/c1-15-7-11-19(12-8-15)25-20(26)14-29-24(28)22-18-10-9-17(13-18)21(22)23(27)16-5-3-2-4-6-16/h2-8,11-12,17-18,21-22H,9-10,13-14H2,1H3,(H,25,26)/t17-,18+,21-,22-/m0/s1. The molecule has 2 aliphatic carbocycles. The van der Waals surface area contributed by atoms with Gasteiger partial charge in [0.05, 0.1) is 5.92 Å². The molecule has 150 valence electrons. The lowest BCUT2D eigenvalue weighted by Gasteiger charge is -2.28. The van der Waals surface area contributed by atoms with Crippen molar-refractivity contribution < 1.29 is 19.1 Å². The lowest BCUT2D eigenvalue weighted by molar-refractivity contribution is -0.154. The second-order valence-corrected chi connectivity index (χ2v) is 8.14. The van der Waals surface area contributed by atoms with Gasteiger partial charge in [0.15, 0.2) is 12.4 Å². The molecule has 0 unspecified atom stereocenters. The number of carbonyl (C=O) groups is 3. The molecule has 1 N–H and O–H groups in total. The van der Waals surface area contributed by atoms with Crippen molar-refractivity contribution in [3.8, 4) is 0 Å². The fourth-order valence-corrected chi connectivity index (χ4v) is 4.87. The first-order valence-corrected chi connectivity index (χ1v) is 10.2. The summed E-state index contributed by atoms with van der Waals surface area (Å²) in [6.07, 6.45) is 2.81. The molecule has 2 bridgehead atoms. The van der Waals surface area contributed by atoms with Crippen LogP contribution in [0.4, 0.5) is 5.69 Å². The fraction of sp³-hybridized carbons (Fsp3) is 0.375. The summed E-state index contributed by atoms with van der Waals surface area (Å²) in [4.78, 5) is 38.1. The van der Waals surface area contributed by atoms with Crippen LogP contribution in [0.25, 0.3) is 0 Å². The number of hydrogen-bond acceptors (Lipinski definition) is 4. The molecular weight excluding hydrogens is 366 g/mol. The minimum absolute atomic E-state index is 0.0175. The van der Waals surface area contributed by atoms with Crippen LogP contribution in [0.1, 0.15) is 35.2 Å². The van der Waals surface area contributed by atoms with Gasteiger partial charge in [0.1, 0.15) is 0 Å². The summed E-state index contributed by atoms with van der Waals surface area (Å²) in [5.41, 5.74) is 2.40. The van der Waals surface area contributed by atoms with E-state index in [-0.39, 0.29) is 36.1 Å². The normalized spacial score (nSPS) is 24.9. The molecule has 2 fully saturated rings. The zero-order valence-corrected chi connectivity index (χ0v) is 16.5. The van der Waals surface area contributed by atoms with E-state index in [1.807, 2.05) is 37.3 Å². The Bertz CT molecular complexity index is 906. The predicted octanol–water partition coefficient (Wildman–Crippen LogP) is 4.02.